The zero-order valence-corrected chi connectivity index (χ0v) is 15.6. The van der Waals surface area contributed by atoms with Gasteiger partial charge in [-0.3, -0.25) is 14.4 Å². The Bertz CT molecular complexity index is 868. The minimum absolute atomic E-state index is 0.0434. The second-order valence-corrected chi connectivity index (χ2v) is 6.65. The Kier molecular flexibility index (Phi) is 5.93. The minimum Gasteiger partial charge on any atom is -0.495 e. The van der Waals surface area contributed by atoms with Crippen molar-refractivity contribution < 1.29 is 24.2 Å². The number of benzene rings is 2. The Balaban J connectivity index is 1.78. The Morgan fingerprint density at radius 1 is 1.14 bits per heavy atom. The van der Waals surface area contributed by atoms with Crippen molar-refractivity contribution in [2.24, 2.45) is 5.92 Å². The van der Waals surface area contributed by atoms with E-state index in [0.29, 0.717) is 11.4 Å². The van der Waals surface area contributed by atoms with Crippen LogP contribution < -0.4 is 9.64 Å². The van der Waals surface area contributed by atoms with Crippen LogP contribution in [-0.2, 0) is 20.9 Å². The third-order valence-corrected chi connectivity index (χ3v) is 4.70. The molecule has 1 heterocycles. The van der Waals surface area contributed by atoms with Gasteiger partial charge in [0.2, 0.25) is 11.8 Å². The van der Waals surface area contributed by atoms with Crippen LogP contribution in [0.3, 0.4) is 0 Å². The maximum atomic E-state index is 13.0. The fraction of sp³-hybridized carbons (Fsp3) is 0.286. The summed E-state index contributed by atoms with van der Waals surface area (Å²) in [7, 11) is 1.52. The van der Waals surface area contributed by atoms with Crippen molar-refractivity contribution in [1.29, 1.82) is 0 Å². The number of para-hydroxylation sites is 2. The van der Waals surface area contributed by atoms with Gasteiger partial charge in [-0.2, -0.15) is 0 Å². The van der Waals surface area contributed by atoms with Crippen LogP contribution in [0.1, 0.15) is 12.0 Å². The van der Waals surface area contributed by atoms with Gasteiger partial charge < -0.3 is 19.6 Å². The summed E-state index contributed by atoms with van der Waals surface area (Å²) in [6.07, 6.45) is 0.0434. The van der Waals surface area contributed by atoms with E-state index in [4.69, 9.17) is 4.74 Å². The van der Waals surface area contributed by atoms with Gasteiger partial charge in [-0.05, 0) is 17.7 Å². The molecule has 7 heteroatoms. The van der Waals surface area contributed by atoms with Gasteiger partial charge in [-0.15, -0.1) is 0 Å². The molecule has 0 aromatic heterocycles. The quantitative estimate of drug-likeness (QED) is 0.793. The number of carbonyl (C=O) groups is 3. The molecule has 146 valence electrons. The predicted molar refractivity (Wildman–Crippen MR) is 103 cm³/mol. The lowest BCUT2D eigenvalue weighted by Gasteiger charge is -2.24. The molecule has 1 aliphatic heterocycles. The monoisotopic (exact) mass is 382 g/mol. The average molecular weight is 382 g/mol. The van der Waals surface area contributed by atoms with Crippen molar-refractivity contribution in [3.05, 3.63) is 60.2 Å². The van der Waals surface area contributed by atoms with Gasteiger partial charge in [0.25, 0.3) is 0 Å². The first kappa shape index (κ1) is 19.4. The number of ether oxygens (including phenoxy) is 1. The van der Waals surface area contributed by atoms with Crippen LogP contribution >= 0.6 is 0 Å². The van der Waals surface area contributed by atoms with Crippen LogP contribution in [0.4, 0.5) is 5.69 Å². The zero-order valence-electron chi connectivity index (χ0n) is 15.6. The maximum absolute atomic E-state index is 13.0. The standard InChI is InChI=1S/C21H22N2O5/c1-28-18-10-6-5-9-17(18)23-13-16(11-19(23)24)21(27)22(14-20(25)26)12-15-7-3-2-4-8-15/h2-10,16H,11-14H2,1H3,(H,25,26). The molecule has 1 fully saturated rings. The largest absolute Gasteiger partial charge is 0.495 e. The van der Waals surface area contributed by atoms with Crippen LogP contribution in [0.2, 0.25) is 0 Å². The van der Waals surface area contributed by atoms with Gasteiger partial charge in [0.15, 0.2) is 0 Å². The smallest absolute Gasteiger partial charge is 0.323 e. The van der Waals surface area contributed by atoms with Crippen molar-refractivity contribution in [2.75, 3.05) is 25.1 Å². The van der Waals surface area contributed by atoms with E-state index in [-0.39, 0.29) is 31.3 Å². The Hall–Kier alpha value is -3.35. The number of carboxylic acid groups (broad SMARTS) is 1. The first-order chi connectivity index (χ1) is 13.5. The molecule has 2 aromatic carbocycles. The summed E-state index contributed by atoms with van der Waals surface area (Å²) < 4.78 is 5.31. The molecule has 28 heavy (non-hydrogen) atoms. The molecule has 0 spiro atoms. The van der Waals surface area contributed by atoms with Gasteiger partial charge in [-0.25, -0.2) is 0 Å². The molecule has 0 bridgehead atoms. The fourth-order valence-electron chi connectivity index (χ4n) is 3.40. The number of amides is 2. The molecule has 0 aliphatic carbocycles. The number of hydrogen-bond acceptors (Lipinski definition) is 4. The lowest BCUT2D eigenvalue weighted by atomic mass is 10.1. The molecule has 2 amide bonds. The Morgan fingerprint density at radius 3 is 2.50 bits per heavy atom. The number of anilines is 1. The highest BCUT2D eigenvalue weighted by molar-refractivity contribution is 6.01. The van der Waals surface area contributed by atoms with E-state index in [1.807, 2.05) is 30.3 Å². The highest BCUT2D eigenvalue weighted by Gasteiger charge is 2.38. The molecule has 1 atom stereocenters. The molecule has 1 unspecified atom stereocenters. The predicted octanol–water partition coefficient (Wildman–Crippen LogP) is 2.16. The Labute approximate surface area is 163 Å². The maximum Gasteiger partial charge on any atom is 0.323 e. The zero-order chi connectivity index (χ0) is 20.1. The molecule has 1 saturated heterocycles. The minimum atomic E-state index is -1.09. The van der Waals surface area contributed by atoms with E-state index < -0.39 is 18.4 Å². The summed E-state index contributed by atoms with van der Waals surface area (Å²) in [5.41, 5.74) is 1.45. The highest BCUT2D eigenvalue weighted by atomic mass is 16.5. The molecule has 0 saturated carbocycles. The Morgan fingerprint density at radius 2 is 1.82 bits per heavy atom. The van der Waals surface area contributed by atoms with E-state index in [1.165, 1.54) is 16.9 Å². The van der Waals surface area contributed by atoms with Crippen molar-refractivity contribution in [2.45, 2.75) is 13.0 Å². The summed E-state index contributed by atoms with van der Waals surface area (Å²) in [6, 6.07) is 16.3. The lowest BCUT2D eigenvalue weighted by Crippen LogP contribution is -2.40. The van der Waals surface area contributed by atoms with E-state index in [9.17, 15) is 19.5 Å². The summed E-state index contributed by atoms with van der Waals surface area (Å²) in [5, 5.41) is 9.22. The lowest BCUT2D eigenvalue weighted by molar-refractivity contribution is -0.146. The summed E-state index contributed by atoms with van der Waals surface area (Å²) >= 11 is 0. The fourth-order valence-corrected chi connectivity index (χ4v) is 3.40. The molecule has 0 radical (unpaired) electrons. The first-order valence-corrected chi connectivity index (χ1v) is 8.97. The SMILES string of the molecule is COc1ccccc1N1CC(C(=O)N(CC(=O)O)Cc2ccccc2)CC1=O. The number of carboxylic acids is 1. The molecular formula is C21H22N2O5. The number of methoxy groups -OCH3 is 1. The van der Waals surface area contributed by atoms with Crippen molar-refractivity contribution >= 4 is 23.5 Å². The number of hydrogen-bond donors (Lipinski definition) is 1. The number of rotatable bonds is 7. The number of nitrogens with zero attached hydrogens (tertiary/aromatic N) is 2. The van der Waals surface area contributed by atoms with Crippen LogP contribution in [0.15, 0.2) is 54.6 Å². The van der Waals surface area contributed by atoms with Crippen molar-refractivity contribution in [3.63, 3.8) is 0 Å². The number of carbonyl (C=O) groups excluding carboxylic acids is 2. The highest BCUT2D eigenvalue weighted by Crippen LogP contribution is 2.33. The van der Waals surface area contributed by atoms with Crippen LogP contribution in [0, 0.1) is 5.92 Å². The van der Waals surface area contributed by atoms with Crippen molar-refractivity contribution in [3.8, 4) is 5.75 Å². The van der Waals surface area contributed by atoms with Gasteiger partial charge in [0, 0.05) is 19.5 Å². The molecular weight excluding hydrogens is 360 g/mol. The molecule has 3 rings (SSSR count). The molecule has 1 aliphatic rings. The summed E-state index contributed by atoms with van der Waals surface area (Å²) in [5.74, 6) is -1.65. The third-order valence-electron chi connectivity index (χ3n) is 4.70. The summed E-state index contributed by atoms with van der Waals surface area (Å²) in [6.45, 7) is -0.0264. The summed E-state index contributed by atoms with van der Waals surface area (Å²) in [4.78, 5) is 39.6. The van der Waals surface area contributed by atoms with Crippen LogP contribution in [0.25, 0.3) is 0 Å². The van der Waals surface area contributed by atoms with E-state index >= 15 is 0 Å². The van der Waals surface area contributed by atoms with E-state index in [0.717, 1.165) is 5.56 Å². The third kappa shape index (κ3) is 4.31. The molecule has 7 nitrogen and oxygen atoms in total. The average Bonchev–Trinajstić information content (AvgIpc) is 3.08. The van der Waals surface area contributed by atoms with Gasteiger partial charge in [-0.1, -0.05) is 42.5 Å². The first-order valence-electron chi connectivity index (χ1n) is 8.97. The molecule has 1 N–H and O–H groups in total. The normalized spacial score (nSPS) is 16.1. The van der Waals surface area contributed by atoms with Crippen LogP contribution in [-0.4, -0.2) is 48.0 Å². The van der Waals surface area contributed by atoms with E-state index in [1.54, 1.807) is 24.3 Å². The topological polar surface area (TPSA) is 87.2 Å². The molecule has 2 aromatic rings. The van der Waals surface area contributed by atoms with Crippen molar-refractivity contribution in [1.82, 2.24) is 4.90 Å². The van der Waals surface area contributed by atoms with E-state index in [2.05, 4.69) is 0 Å². The van der Waals surface area contributed by atoms with Gasteiger partial charge >= 0.3 is 5.97 Å². The number of aliphatic carboxylic acids is 1. The van der Waals surface area contributed by atoms with Crippen LogP contribution in [0.5, 0.6) is 5.75 Å². The second kappa shape index (κ2) is 8.56. The second-order valence-electron chi connectivity index (χ2n) is 6.65. The van der Waals surface area contributed by atoms with Gasteiger partial charge in [0.1, 0.15) is 12.3 Å². The van der Waals surface area contributed by atoms with Gasteiger partial charge in [0.05, 0.1) is 18.7 Å².